The highest BCUT2D eigenvalue weighted by atomic mass is 32.2. The van der Waals surface area contributed by atoms with Gasteiger partial charge in [0.25, 0.3) is 0 Å². The number of rotatable bonds is 2. The van der Waals surface area contributed by atoms with Crippen LogP contribution in [0.4, 0.5) is 4.39 Å². The van der Waals surface area contributed by atoms with Crippen LogP contribution in [-0.4, -0.2) is 14.0 Å². The van der Waals surface area contributed by atoms with Gasteiger partial charge in [-0.15, -0.1) is 0 Å². The molecule has 0 bridgehead atoms. The molecule has 0 unspecified atom stereocenters. The van der Waals surface area contributed by atoms with Gasteiger partial charge < -0.3 is 0 Å². The summed E-state index contributed by atoms with van der Waals surface area (Å²) >= 11 is 0. The normalized spacial score (nSPS) is 14.2. The molecule has 1 N–H and O–H groups in total. The summed E-state index contributed by atoms with van der Waals surface area (Å²) in [4.78, 5) is 0. The SMILES string of the molecule is CC(C)(C)NS(=O)(=O)/C=C/F. The van der Waals surface area contributed by atoms with Gasteiger partial charge in [0.2, 0.25) is 10.0 Å². The van der Waals surface area contributed by atoms with Gasteiger partial charge in [0.1, 0.15) is 0 Å². The second-order valence-corrected chi connectivity index (χ2v) is 4.73. The molecule has 66 valence electrons. The van der Waals surface area contributed by atoms with Crippen molar-refractivity contribution in [3.8, 4) is 0 Å². The van der Waals surface area contributed by atoms with E-state index in [0.29, 0.717) is 5.41 Å². The molecule has 0 aromatic rings. The highest BCUT2D eigenvalue weighted by molar-refractivity contribution is 7.92. The molecule has 0 saturated carbocycles. The van der Waals surface area contributed by atoms with Crippen molar-refractivity contribution >= 4 is 10.0 Å². The van der Waals surface area contributed by atoms with E-state index in [2.05, 4.69) is 4.72 Å². The van der Waals surface area contributed by atoms with E-state index < -0.39 is 15.6 Å². The predicted octanol–water partition coefficient (Wildman–Crippen LogP) is 1.15. The zero-order valence-corrected chi connectivity index (χ0v) is 7.57. The second kappa shape index (κ2) is 3.32. The van der Waals surface area contributed by atoms with E-state index in [1.807, 2.05) is 0 Å². The fraction of sp³-hybridized carbons (Fsp3) is 0.667. The van der Waals surface area contributed by atoms with E-state index in [1.54, 1.807) is 20.8 Å². The molecule has 0 heterocycles. The Balaban J connectivity index is 4.39. The Bertz CT molecular complexity index is 238. The Labute approximate surface area is 66.4 Å². The van der Waals surface area contributed by atoms with E-state index in [1.165, 1.54) is 0 Å². The van der Waals surface area contributed by atoms with Gasteiger partial charge in [-0.3, -0.25) is 0 Å². The van der Waals surface area contributed by atoms with Crippen molar-refractivity contribution in [2.75, 3.05) is 0 Å². The summed E-state index contributed by atoms with van der Waals surface area (Å²) < 4.78 is 35.3. The van der Waals surface area contributed by atoms with Gasteiger partial charge >= 0.3 is 0 Å². The molecule has 0 aliphatic heterocycles. The van der Waals surface area contributed by atoms with Crippen LogP contribution < -0.4 is 4.72 Å². The maximum absolute atomic E-state index is 11.5. The molecule has 3 nitrogen and oxygen atoms in total. The zero-order valence-electron chi connectivity index (χ0n) is 6.76. The molecule has 0 rings (SSSR count). The predicted molar refractivity (Wildman–Crippen MR) is 42.1 cm³/mol. The van der Waals surface area contributed by atoms with Crippen LogP contribution in [0, 0.1) is 0 Å². The summed E-state index contributed by atoms with van der Waals surface area (Å²) in [6, 6.07) is 0. The highest BCUT2D eigenvalue weighted by Crippen LogP contribution is 2.02. The number of hydrogen-bond acceptors (Lipinski definition) is 2. The Kier molecular flexibility index (Phi) is 3.19. The standard InChI is InChI=1S/C6H12FNO2S/c1-6(2,3)8-11(9,10)5-4-7/h4-5,8H,1-3H3/b5-4+. The Morgan fingerprint density at radius 1 is 1.36 bits per heavy atom. The van der Waals surface area contributed by atoms with E-state index >= 15 is 0 Å². The van der Waals surface area contributed by atoms with Crippen LogP contribution >= 0.6 is 0 Å². The van der Waals surface area contributed by atoms with Crippen molar-refractivity contribution in [3.05, 3.63) is 11.7 Å². The molecular weight excluding hydrogens is 169 g/mol. The van der Waals surface area contributed by atoms with Crippen LogP contribution in [0.5, 0.6) is 0 Å². The molecule has 0 aliphatic carbocycles. The van der Waals surface area contributed by atoms with E-state index in [-0.39, 0.29) is 6.33 Å². The van der Waals surface area contributed by atoms with Gasteiger partial charge in [0.15, 0.2) is 0 Å². The minimum Gasteiger partial charge on any atom is -0.215 e. The molecule has 0 aliphatic rings. The van der Waals surface area contributed by atoms with Crippen LogP contribution in [-0.2, 0) is 10.0 Å². The first-order valence-corrected chi connectivity index (χ1v) is 4.62. The summed E-state index contributed by atoms with van der Waals surface area (Å²) in [5.41, 5.74) is -0.571. The van der Waals surface area contributed by atoms with E-state index in [9.17, 15) is 12.8 Å². The van der Waals surface area contributed by atoms with Gasteiger partial charge in [-0.25, -0.2) is 17.5 Å². The number of sulfonamides is 1. The lowest BCUT2D eigenvalue weighted by atomic mass is 10.1. The zero-order chi connectivity index (χ0) is 9.12. The lowest BCUT2D eigenvalue weighted by Crippen LogP contribution is -2.39. The van der Waals surface area contributed by atoms with E-state index in [4.69, 9.17) is 0 Å². The maximum atomic E-state index is 11.5. The van der Waals surface area contributed by atoms with Crippen molar-refractivity contribution in [2.24, 2.45) is 0 Å². The lowest BCUT2D eigenvalue weighted by Gasteiger charge is -2.18. The van der Waals surface area contributed by atoms with Crippen LogP contribution in [0.1, 0.15) is 20.8 Å². The summed E-state index contributed by atoms with van der Waals surface area (Å²) in [6.45, 7) is 5.03. The minimum atomic E-state index is -3.59. The molecule has 0 aromatic heterocycles. The first kappa shape index (κ1) is 10.6. The molecule has 0 spiro atoms. The summed E-state index contributed by atoms with van der Waals surface area (Å²) in [5.74, 6) is 0. The van der Waals surface area contributed by atoms with Crippen molar-refractivity contribution in [2.45, 2.75) is 26.3 Å². The molecule has 0 atom stereocenters. The van der Waals surface area contributed by atoms with Crippen LogP contribution in [0.15, 0.2) is 11.7 Å². The Morgan fingerprint density at radius 3 is 2.09 bits per heavy atom. The lowest BCUT2D eigenvalue weighted by molar-refractivity contribution is 0.496. The quantitative estimate of drug-likeness (QED) is 0.694. The molecule has 0 saturated heterocycles. The van der Waals surface area contributed by atoms with Crippen LogP contribution in [0.2, 0.25) is 0 Å². The first-order chi connectivity index (χ1) is 4.77. The van der Waals surface area contributed by atoms with Crippen molar-refractivity contribution in [1.82, 2.24) is 4.72 Å². The summed E-state index contributed by atoms with van der Waals surface area (Å²) in [7, 11) is -3.59. The first-order valence-electron chi connectivity index (χ1n) is 3.07. The fourth-order valence-electron chi connectivity index (χ4n) is 0.529. The average Bonchev–Trinajstić information content (AvgIpc) is 1.55. The van der Waals surface area contributed by atoms with Crippen LogP contribution in [0.25, 0.3) is 0 Å². The molecule has 0 radical (unpaired) electrons. The van der Waals surface area contributed by atoms with Crippen LogP contribution in [0.3, 0.4) is 0 Å². The Hall–Kier alpha value is -0.420. The molecule has 0 fully saturated rings. The minimum absolute atomic E-state index is 0.00588. The van der Waals surface area contributed by atoms with Gasteiger partial charge in [-0.05, 0) is 20.8 Å². The average molecular weight is 181 g/mol. The Morgan fingerprint density at radius 2 is 1.82 bits per heavy atom. The summed E-state index contributed by atoms with van der Waals surface area (Å²) in [5, 5.41) is 0.484. The largest absolute Gasteiger partial charge is 0.236 e. The number of nitrogens with one attached hydrogen (secondary N) is 1. The van der Waals surface area contributed by atoms with Crippen molar-refractivity contribution in [3.63, 3.8) is 0 Å². The van der Waals surface area contributed by atoms with Gasteiger partial charge in [-0.1, -0.05) is 0 Å². The van der Waals surface area contributed by atoms with E-state index in [0.717, 1.165) is 0 Å². The fourth-order valence-corrected chi connectivity index (χ4v) is 1.59. The number of halogens is 1. The van der Waals surface area contributed by atoms with Gasteiger partial charge in [-0.2, -0.15) is 0 Å². The number of hydrogen-bond donors (Lipinski definition) is 1. The molecule has 5 heteroatoms. The van der Waals surface area contributed by atoms with Crippen molar-refractivity contribution in [1.29, 1.82) is 0 Å². The second-order valence-electron chi connectivity index (χ2n) is 3.16. The monoisotopic (exact) mass is 181 g/mol. The topological polar surface area (TPSA) is 46.2 Å². The van der Waals surface area contributed by atoms with Gasteiger partial charge in [0.05, 0.1) is 11.7 Å². The molecule has 0 amide bonds. The molecular formula is C6H12FNO2S. The maximum Gasteiger partial charge on any atom is 0.236 e. The smallest absolute Gasteiger partial charge is 0.215 e. The third-order valence-corrected chi connectivity index (χ3v) is 2.04. The summed E-state index contributed by atoms with van der Waals surface area (Å²) in [6.07, 6.45) is -0.00588. The third-order valence-electron chi connectivity index (χ3n) is 0.679. The highest BCUT2D eigenvalue weighted by Gasteiger charge is 2.16. The van der Waals surface area contributed by atoms with Gasteiger partial charge in [0, 0.05) is 5.54 Å². The molecule has 11 heavy (non-hydrogen) atoms. The third kappa shape index (κ3) is 6.00. The molecule has 0 aromatic carbocycles. The van der Waals surface area contributed by atoms with Crippen molar-refractivity contribution < 1.29 is 12.8 Å².